The summed E-state index contributed by atoms with van der Waals surface area (Å²) in [6.45, 7) is 1.04. The third kappa shape index (κ3) is 2.50. The van der Waals surface area contributed by atoms with Gasteiger partial charge in [0.15, 0.2) is 0 Å². The van der Waals surface area contributed by atoms with E-state index in [2.05, 4.69) is 59.5 Å². The molecule has 2 aromatic carbocycles. The van der Waals surface area contributed by atoms with Gasteiger partial charge in [-0.15, -0.1) is 0 Å². The van der Waals surface area contributed by atoms with Crippen LogP contribution in [0.4, 0.5) is 0 Å². The van der Waals surface area contributed by atoms with Crippen molar-refractivity contribution >= 4 is 0 Å². The van der Waals surface area contributed by atoms with Crippen molar-refractivity contribution in [3.63, 3.8) is 0 Å². The molecule has 108 valence electrons. The summed E-state index contributed by atoms with van der Waals surface area (Å²) in [5.74, 6) is 0. The molecular formula is C19H22N2. The number of nitrogens with zero attached hydrogens (tertiary/aromatic N) is 1. The Kier molecular flexibility index (Phi) is 3.28. The predicted molar refractivity (Wildman–Crippen MR) is 85.7 cm³/mol. The molecule has 2 aliphatic carbocycles. The molecule has 2 nitrogen and oxygen atoms in total. The Bertz CT molecular complexity index is 618. The number of nitrogens with two attached hydrogens (primary N) is 1. The maximum Gasteiger partial charge on any atom is 0.0375 e. The Morgan fingerprint density at radius 3 is 2.29 bits per heavy atom. The molecule has 2 atom stereocenters. The van der Waals surface area contributed by atoms with Crippen molar-refractivity contribution in [2.24, 2.45) is 5.73 Å². The third-order valence-electron chi connectivity index (χ3n) is 4.86. The first-order valence-electron chi connectivity index (χ1n) is 7.97. The number of fused-ring (bicyclic) bond motifs is 1. The fourth-order valence-electron chi connectivity index (χ4n) is 3.65. The van der Waals surface area contributed by atoms with Crippen LogP contribution in [-0.4, -0.2) is 10.9 Å². The van der Waals surface area contributed by atoms with E-state index in [0.717, 1.165) is 19.0 Å². The highest BCUT2D eigenvalue weighted by Crippen LogP contribution is 2.45. The van der Waals surface area contributed by atoms with E-state index in [1.54, 1.807) is 0 Å². The standard InChI is InChI=1S/C19H22N2/c20-18-12-19(17-9-5-4-8-16(17)18)21(15-10-11-15)13-14-6-2-1-3-7-14/h1-9,15,18-19H,10-13,20H2. The van der Waals surface area contributed by atoms with Crippen LogP contribution < -0.4 is 5.73 Å². The van der Waals surface area contributed by atoms with E-state index in [-0.39, 0.29) is 6.04 Å². The second kappa shape index (κ2) is 5.28. The van der Waals surface area contributed by atoms with Gasteiger partial charge in [0.25, 0.3) is 0 Å². The summed E-state index contributed by atoms with van der Waals surface area (Å²) in [4.78, 5) is 2.68. The van der Waals surface area contributed by atoms with E-state index in [4.69, 9.17) is 5.73 Å². The van der Waals surface area contributed by atoms with Crippen LogP contribution in [0.5, 0.6) is 0 Å². The van der Waals surface area contributed by atoms with Crippen LogP contribution in [0.3, 0.4) is 0 Å². The first-order chi connectivity index (χ1) is 10.3. The van der Waals surface area contributed by atoms with Crippen LogP contribution in [0, 0.1) is 0 Å². The van der Waals surface area contributed by atoms with E-state index < -0.39 is 0 Å². The van der Waals surface area contributed by atoms with Gasteiger partial charge in [-0.05, 0) is 36.0 Å². The van der Waals surface area contributed by atoms with Crippen molar-refractivity contribution in [3.05, 3.63) is 71.3 Å². The summed E-state index contributed by atoms with van der Waals surface area (Å²) < 4.78 is 0. The van der Waals surface area contributed by atoms with Crippen molar-refractivity contribution in [2.45, 2.75) is 43.9 Å². The Morgan fingerprint density at radius 1 is 0.905 bits per heavy atom. The van der Waals surface area contributed by atoms with Crippen molar-refractivity contribution in [2.75, 3.05) is 0 Å². The van der Waals surface area contributed by atoms with E-state index in [0.29, 0.717) is 6.04 Å². The average molecular weight is 278 g/mol. The van der Waals surface area contributed by atoms with Gasteiger partial charge in [-0.3, -0.25) is 4.90 Å². The Balaban J connectivity index is 1.64. The molecule has 4 rings (SSSR count). The molecule has 2 N–H and O–H groups in total. The second-order valence-corrected chi connectivity index (χ2v) is 6.38. The van der Waals surface area contributed by atoms with Gasteiger partial charge >= 0.3 is 0 Å². The van der Waals surface area contributed by atoms with Gasteiger partial charge in [0.05, 0.1) is 0 Å². The largest absolute Gasteiger partial charge is 0.324 e. The van der Waals surface area contributed by atoms with Gasteiger partial charge in [-0.1, -0.05) is 54.6 Å². The van der Waals surface area contributed by atoms with Crippen LogP contribution in [0.2, 0.25) is 0 Å². The minimum atomic E-state index is 0.197. The van der Waals surface area contributed by atoms with Gasteiger partial charge in [0, 0.05) is 24.7 Å². The molecule has 0 aliphatic heterocycles. The molecule has 2 unspecified atom stereocenters. The monoisotopic (exact) mass is 278 g/mol. The van der Waals surface area contributed by atoms with Crippen LogP contribution in [-0.2, 0) is 6.54 Å². The molecule has 0 saturated heterocycles. The molecule has 2 heteroatoms. The van der Waals surface area contributed by atoms with Gasteiger partial charge in [-0.25, -0.2) is 0 Å². The van der Waals surface area contributed by atoms with Crippen molar-refractivity contribution in [3.8, 4) is 0 Å². The minimum Gasteiger partial charge on any atom is -0.324 e. The predicted octanol–water partition coefficient (Wildman–Crippen LogP) is 3.80. The molecule has 0 spiro atoms. The smallest absolute Gasteiger partial charge is 0.0375 e. The Labute approximate surface area is 126 Å². The molecule has 1 fully saturated rings. The van der Waals surface area contributed by atoms with Crippen LogP contribution in [0.15, 0.2) is 54.6 Å². The van der Waals surface area contributed by atoms with E-state index in [1.807, 2.05) is 0 Å². The fourth-order valence-corrected chi connectivity index (χ4v) is 3.65. The molecule has 0 amide bonds. The van der Waals surface area contributed by atoms with Crippen molar-refractivity contribution in [1.82, 2.24) is 4.90 Å². The quantitative estimate of drug-likeness (QED) is 0.922. The Hall–Kier alpha value is -1.64. The molecule has 2 aromatic rings. The molecule has 2 aliphatic rings. The van der Waals surface area contributed by atoms with E-state index >= 15 is 0 Å². The molecule has 0 radical (unpaired) electrons. The highest BCUT2D eigenvalue weighted by atomic mass is 15.2. The second-order valence-electron chi connectivity index (χ2n) is 6.38. The summed E-state index contributed by atoms with van der Waals surface area (Å²) in [6.07, 6.45) is 3.73. The topological polar surface area (TPSA) is 29.3 Å². The highest BCUT2D eigenvalue weighted by Gasteiger charge is 2.39. The number of benzene rings is 2. The minimum absolute atomic E-state index is 0.197. The normalized spacial score (nSPS) is 24.3. The lowest BCUT2D eigenvalue weighted by molar-refractivity contribution is 0.172. The third-order valence-corrected chi connectivity index (χ3v) is 4.86. The van der Waals surface area contributed by atoms with Crippen molar-refractivity contribution < 1.29 is 0 Å². The zero-order valence-electron chi connectivity index (χ0n) is 12.3. The average Bonchev–Trinajstić information content (AvgIpc) is 3.31. The first kappa shape index (κ1) is 13.1. The summed E-state index contributed by atoms with van der Waals surface area (Å²) in [7, 11) is 0. The zero-order valence-corrected chi connectivity index (χ0v) is 12.3. The number of hydrogen-bond donors (Lipinski definition) is 1. The SMILES string of the molecule is NC1CC(N(Cc2ccccc2)C2CC2)c2ccccc21. The van der Waals surface area contributed by atoms with Gasteiger partial charge in [0.2, 0.25) is 0 Å². The van der Waals surface area contributed by atoms with E-state index in [1.165, 1.54) is 29.5 Å². The maximum absolute atomic E-state index is 6.36. The van der Waals surface area contributed by atoms with Gasteiger partial charge < -0.3 is 5.73 Å². The van der Waals surface area contributed by atoms with Gasteiger partial charge in [-0.2, -0.15) is 0 Å². The zero-order chi connectivity index (χ0) is 14.2. The lowest BCUT2D eigenvalue weighted by atomic mass is 10.1. The summed E-state index contributed by atoms with van der Waals surface area (Å²) >= 11 is 0. The van der Waals surface area contributed by atoms with Crippen LogP contribution in [0.1, 0.15) is 48.0 Å². The van der Waals surface area contributed by atoms with Crippen LogP contribution >= 0.6 is 0 Å². The lowest BCUT2D eigenvalue weighted by Gasteiger charge is -2.30. The summed E-state index contributed by atoms with van der Waals surface area (Å²) in [6, 6.07) is 21.0. The fraction of sp³-hybridized carbons (Fsp3) is 0.368. The molecular weight excluding hydrogens is 256 g/mol. The summed E-state index contributed by atoms with van der Waals surface area (Å²) in [5.41, 5.74) is 10.6. The molecule has 0 bridgehead atoms. The lowest BCUT2D eigenvalue weighted by Crippen LogP contribution is -2.29. The van der Waals surface area contributed by atoms with Gasteiger partial charge in [0.1, 0.15) is 0 Å². The molecule has 0 heterocycles. The maximum atomic E-state index is 6.36. The number of rotatable bonds is 4. The Morgan fingerprint density at radius 2 is 1.57 bits per heavy atom. The van der Waals surface area contributed by atoms with Crippen LogP contribution in [0.25, 0.3) is 0 Å². The van der Waals surface area contributed by atoms with E-state index in [9.17, 15) is 0 Å². The first-order valence-corrected chi connectivity index (χ1v) is 7.97. The summed E-state index contributed by atoms with van der Waals surface area (Å²) in [5, 5.41) is 0. The molecule has 1 saturated carbocycles. The van der Waals surface area contributed by atoms with Crippen molar-refractivity contribution in [1.29, 1.82) is 0 Å². The highest BCUT2D eigenvalue weighted by molar-refractivity contribution is 5.37. The number of hydrogen-bond acceptors (Lipinski definition) is 2. The molecule has 0 aromatic heterocycles. The molecule has 21 heavy (non-hydrogen) atoms.